The fraction of sp³-hybridized carbons (Fsp3) is 0.188. The van der Waals surface area contributed by atoms with Crippen LogP contribution in [0, 0.1) is 6.92 Å². The summed E-state index contributed by atoms with van der Waals surface area (Å²) in [5, 5.41) is 7.21. The molecule has 2 aromatic heterocycles. The number of halogens is 1. The van der Waals surface area contributed by atoms with E-state index in [2.05, 4.69) is 31.4 Å². The molecule has 2 heterocycles. The Kier molecular flexibility index (Phi) is 5.06. The molecule has 0 unspecified atom stereocenters. The van der Waals surface area contributed by atoms with Crippen molar-refractivity contribution in [2.24, 2.45) is 7.05 Å². The number of nitrogens with zero attached hydrogens (tertiary/aromatic N) is 3. The number of nitrogens with one attached hydrogen (secondary N) is 1. The molecule has 124 valence electrons. The predicted octanol–water partition coefficient (Wildman–Crippen LogP) is 3.88. The molecule has 0 saturated heterocycles. The molecule has 0 bridgehead atoms. The van der Waals surface area contributed by atoms with Gasteiger partial charge in [0.25, 0.3) is 0 Å². The smallest absolute Gasteiger partial charge is 0.236 e. The van der Waals surface area contributed by atoms with Gasteiger partial charge >= 0.3 is 0 Å². The molecule has 0 radical (unpaired) electrons. The second-order valence-corrected chi connectivity index (χ2v) is 7.01. The molecule has 1 N–H and O–H groups in total. The van der Waals surface area contributed by atoms with E-state index >= 15 is 0 Å². The van der Waals surface area contributed by atoms with Gasteiger partial charge in [0, 0.05) is 17.6 Å². The van der Waals surface area contributed by atoms with Crippen molar-refractivity contribution in [2.75, 3.05) is 11.1 Å². The first kappa shape index (κ1) is 16.8. The van der Waals surface area contributed by atoms with Crippen molar-refractivity contribution in [1.29, 1.82) is 0 Å². The second kappa shape index (κ2) is 7.23. The number of anilines is 1. The van der Waals surface area contributed by atoms with Crippen LogP contribution < -0.4 is 5.32 Å². The minimum atomic E-state index is -0.151. The molecule has 0 atom stereocenters. The summed E-state index contributed by atoms with van der Waals surface area (Å²) in [7, 11) is 1.94. The van der Waals surface area contributed by atoms with Crippen molar-refractivity contribution < 1.29 is 9.32 Å². The molecule has 0 spiro atoms. The van der Waals surface area contributed by atoms with Gasteiger partial charge in [0.2, 0.25) is 5.91 Å². The molecule has 6 nitrogen and oxygen atoms in total. The summed E-state index contributed by atoms with van der Waals surface area (Å²) in [5.41, 5.74) is 2.07. The van der Waals surface area contributed by atoms with Crippen LogP contribution in [0.25, 0.3) is 11.3 Å². The number of rotatable bonds is 5. The van der Waals surface area contributed by atoms with Crippen LogP contribution in [0.4, 0.5) is 5.82 Å². The van der Waals surface area contributed by atoms with Gasteiger partial charge < -0.3 is 14.4 Å². The predicted molar refractivity (Wildman–Crippen MR) is 96.9 cm³/mol. The normalized spacial score (nSPS) is 10.8. The van der Waals surface area contributed by atoms with E-state index in [0.717, 1.165) is 20.9 Å². The topological polar surface area (TPSA) is 73.0 Å². The standard InChI is InChI=1S/C16H15BrN4O2S/c1-10-7-14(20-23-10)19-15(22)9-24-16-18-8-13(21(16)2)11-3-5-12(17)6-4-11/h3-8H,9H2,1-2H3,(H,19,20,22). The molecule has 1 amide bonds. The van der Waals surface area contributed by atoms with Gasteiger partial charge in [0.15, 0.2) is 11.0 Å². The van der Waals surface area contributed by atoms with Gasteiger partial charge in [-0.05, 0) is 24.6 Å². The maximum absolute atomic E-state index is 12.0. The monoisotopic (exact) mass is 406 g/mol. The Morgan fingerprint density at radius 3 is 2.79 bits per heavy atom. The van der Waals surface area contributed by atoms with E-state index in [4.69, 9.17) is 4.52 Å². The van der Waals surface area contributed by atoms with E-state index in [0.29, 0.717) is 11.6 Å². The zero-order valence-electron chi connectivity index (χ0n) is 13.1. The molecule has 3 aromatic rings. The van der Waals surface area contributed by atoms with Crippen molar-refractivity contribution in [1.82, 2.24) is 14.7 Å². The van der Waals surface area contributed by atoms with Gasteiger partial charge in [-0.15, -0.1) is 0 Å². The van der Waals surface area contributed by atoms with Gasteiger partial charge in [-0.3, -0.25) is 4.79 Å². The third kappa shape index (κ3) is 3.88. The van der Waals surface area contributed by atoms with Crippen LogP contribution in [-0.4, -0.2) is 26.4 Å². The largest absolute Gasteiger partial charge is 0.360 e. The van der Waals surface area contributed by atoms with Crippen molar-refractivity contribution in [3.05, 3.63) is 46.8 Å². The summed E-state index contributed by atoms with van der Waals surface area (Å²) >= 11 is 4.80. The summed E-state index contributed by atoms with van der Waals surface area (Å²) in [4.78, 5) is 16.4. The number of carbonyl (C=O) groups is 1. The van der Waals surface area contributed by atoms with Crippen LogP contribution in [0.15, 0.2) is 50.7 Å². The minimum absolute atomic E-state index is 0.151. The van der Waals surface area contributed by atoms with Crippen molar-refractivity contribution in [2.45, 2.75) is 12.1 Å². The number of aromatic nitrogens is 3. The molecule has 24 heavy (non-hydrogen) atoms. The van der Waals surface area contributed by atoms with Crippen molar-refractivity contribution >= 4 is 39.4 Å². The number of carbonyl (C=O) groups excluding carboxylic acids is 1. The Balaban J connectivity index is 1.63. The molecule has 0 saturated carbocycles. The number of amides is 1. The van der Waals surface area contributed by atoms with Crippen LogP contribution in [0.5, 0.6) is 0 Å². The Morgan fingerprint density at radius 2 is 2.12 bits per heavy atom. The second-order valence-electron chi connectivity index (χ2n) is 5.15. The molecule has 3 rings (SSSR count). The molecule has 8 heteroatoms. The van der Waals surface area contributed by atoms with E-state index in [1.807, 2.05) is 42.1 Å². The minimum Gasteiger partial charge on any atom is -0.360 e. The molecule has 0 fully saturated rings. The molecule has 0 aliphatic carbocycles. The number of hydrogen-bond donors (Lipinski definition) is 1. The van der Waals surface area contributed by atoms with Gasteiger partial charge in [-0.2, -0.15) is 0 Å². The van der Waals surface area contributed by atoms with Gasteiger partial charge in [0.1, 0.15) is 5.76 Å². The van der Waals surface area contributed by atoms with E-state index in [-0.39, 0.29) is 11.7 Å². The lowest BCUT2D eigenvalue weighted by atomic mass is 10.2. The highest BCUT2D eigenvalue weighted by Gasteiger charge is 2.12. The van der Waals surface area contributed by atoms with Crippen LogP contribution >= 0.6 is 27.7 Å². The average Bonchev–Trinajstić information content (AvgIpc) is 3.12. The summed E-state index contributed by atoms with van der Waals surface area (Å²) in [6.45, 7) is 1.77. The maximum atomic E-state index is 12.0. The Morgan fingerprint density at radius 1 is 1.38 bits per heavy atom. The highest BCUT2D eigenvalue weighted by molar-refractivity contribution is 9.10. The lowest BCUT2D eigenvalue weighted by molar-refractivity contribution is -0.113. The summed E-state index contributed by atoms with van der Waals surface area (Å²) < 4.78 is 7.92. The first-order valence-electron chi connectivity index (χ1n) is 7.16. The van der Waals surface area contributed by atoms with Crippen LogP contribution in [0.3, 0.4) is 0 Å². The van der Waals surface area contributed by atoms with E-state index < -0.39 is 0 Å². The van der Waals surface area contributed by atoms with Crippen molar-refractivity contribution in [3.8, 4) is 11.3 Å². The fourth-order valence-corrected chi connectivity index (χ4v) is 3.17. The molecule has 1 aromatic carbocycles. The number of thioether (sulfide) groups is 1. The summed E-state index contributed by atoms with van der Waals surface area (Å²) in [6.07, 6.45) is 1.81. The quantitative estimate of drug-likeness (QED) is 0.650. The first-order chi connectivity index (χ1) is 11.5. The van der Waals surface area contributed by atoms with E-state index in [1.165, 1.54) is 11.8 Å². The number of imidazole rings is 1. The Bertz CT molecular complexity index is 857. The first-order valence-corrected chi connectivity index (χ1v) is 8.94. The highest BCUT2D eigenvalue weighted by Crippen LogP contribution is 2.26. The molecule has 0 aliphatic heterocycles. The van der Waals surface area contributed by atoms with Crippen LogP contribution in [0.1, 0.15) is 5.76 Å². The van der Waals surface area contributed by atoms with Crippen LogP contribution in [0.2, 0.25) is 0 Å². The molecular formula is C16H15BrN4O2S. The molecular weight excluding hydrogens is 392 g/mol. The number of aryl methyl sites for hydroxylation is 1. The van der Waals surface area contributed by atoms with E-state index in [9.17, 15) is 4.79 Å². The lowest BCUT2D eigenvalue weighted by Crippen LogP contribution is -2.14. The Hall–Kier alpha value is -2.06. The Labute approximate surface area is 151 Å². The maximum Gasteiger partial charge on any atom is 0.236 e. The highest BCUT2D eigenvalue weighted by atomic mass is 79.9. The molecule has 0 aliphatic rings. The SMILES string of the molecule is Cc1cc(NC(=O)CSc2ncc(-c3ccc(Br)cc3)n2C)no1. The van der Waals surface area contributed by atoms with E-state index in [1.54, 1.807) is 13.0 Å². The fourth-order valence-electron chi connectivity index (χ4n) is 2.15. The third-order valence-corrected chi connectivity index (χ3v) is 4.89. The van der Waals surface area contributed by atoms with Gasteiger partial charge in [-0.25, -0.2) is 4.98 Å². The van der Waals surface area contributed by atoms with Gasteiger partial charge in [0.05, 0.1) is 17.6 Å². The summed E-state index contributed by atoms with van der Waals surface area (Å²) in [5.74, 6) is 1.17. The lowest BCUT2D eigenvalue weighted by Gasteiger charge is -2.06. The summed E-state index contributed by atoms with van der Waals surface area (Å²) in [6, 6.07) is 9.70. The van der Waals surface area contributed by atoms with Gasteiger partial charge in [-0.1, -0.05) is 45.0 Å². The van der Waals surface area contributed by atoms with Crippen molar-refractivity contribution in [3.63, 3.8) is 0 Å². The third-order valence-electron chi connectivity index (χ3n) is 3.31. The van der Waals surface area contributed by atoms with Crippen LogP contribution in [-0.2, 0) is 11.8 Å². The zero-order chi connectivity index (χ0) is 17.1. The number of benzene rings is 1. The zero-order valence-corrected chi connectivity index (χ0v) is 15.5. The average molecular weight is 407 g/mol. The number of hydrogen-bond acceptors (Lipinski definition) is 5.